The smallest absolute Gasteiger partial charge is 0.156 e. The molecule has 3 nitrogen and oxygen atoms in total. The summed E-state index contributed by atoms with van der Waals surface area (Å²) in [7, 11) is 0. The van der Waals surface area contributed by atoms with Gasteiger partial charge in [-0.2, -0.15) is 5.10 Å². The zero-order valence-corrected chi connectivity index (χ0v) is 13.2. The van der Waals surface area contributed by atoms with Gasteiger partial charge in [0.15, 0.2) is 5.75 Å². The van der Waals surface area contributed by atoms with E-state index in [0.717, 1.165) is 17.7 Å². The Balaban J connectivity index is 2.07. The first kappa shape index (κ1) is 15.7. The Morgan fingerprint density at radius 1 is 1.14 bits per heavy atom. The van der Waals surface area contributed by atoms with E-state index in [0.29, 0.717) is 22.4 Å². The van der Waals surface area contributed by atoms with Gasteiger partial charge in [0, 0.05) is 0 Å². The van der Waals surface area contributed by atoms with Crippen molar-refractivity contribution >= 4 is 35.1 Å². The normalized spacial score (nSPS) is 10.8. The number of nitrogens with zero attached hydrogens (tertiary/aromatic N) is 1. The van der Waals surface area contributed by atoms with Crippen molar-refractivity contribution in [3.8, 4) is 5.75 Å². The molecule has 0 aliphatic heterocycles. The number of hydrogen-bond acceptors (Lipinski definition) is 3. The van der Waals surface area contributed by atoms with E-state index >= 15 is 0 Å². The molecule has 0 radical (unpaired) electrons. The van der Waals surface area contributed by atoms with Crippen LogP contribution in [-0.4, -0.2) is 12.8 Å². The summed E-state index contributed by atoms with van der Waals surface area (Å²) in [6.45, 7) is 2.61. The molecule has 0 aliphatic carbocycles. The molecule has 2 aromatic carbocycles. The van der Waals surface area contributed by atoms with Gasteiger partial charge in [-0.1, -0.05) is 48.3 Å². The second kappa shape index (κ2) is 7.91. The Morgan fingerprint density at radius 2 is 1.81 bits per heavy atom. The zero-order chi connectivity index (χ0) is 15.1. The average Bonchev–Trinajstić information content (AvgIpc) is 2.48. The van der Waals surface area contributed by atoms with Crippen molar-refractivity contribution in [2.75, 3.05) is 12.0 Å². The van der Waals surface area contributed by atoms with Gasteiger partial charge in [0.25, 0.3) is 0 Å². The number of hydrazone groups is 1. The number of hydrogen-bond donors (Lipinski definition) is 1. The van der Waals surface area contributed by atoms with E-state index in [-0.39, 0.29) is 0 Å². The van der Waals surface area contributed by atoms with Crippen LogP contribution in [-0.2, 0) is 0 Å². The second-order valence-electron chi connectivity index (χ2n) is 4.40. The monoisotopic (exact) mass is 322 g/mol. The largest absolute Gasteiger partial charge is 0.490 e. The summed E-state index contributed by atoms with van der Waals surface area (Å²) < 4.78 is 5.52. The topological polar surface area (TPSA) is 33.6 Å². The van der Waals surface area contributed by atoms with Crippen molar-refractivity contribution in [2.24, 2.45) is 5.10 Å². The van der Waals surface area contributed by atoms with E-state index in [9.17, 15) is 0 Å². The van der Waals surface area contributed by atoms with Crippen molar-refractivity contribution in [3.63, 3.8) is 0 Å². The van der Waals surface area contributed by atoms with Gasteiger partial charge >= 0.3 is 0 Å². The Hall–Kier alpha value is -1.71. The van der Waals surface area contributed by atoms with Crippen molar-refractivity contribution < 1.29 is 4.74 Å². The van der Waals surface area contributed by atoms with Gasteiger partial charge in [0.05, 0.1) is 28.6 Å². The van der Waals surface area contributed by atoms with E-state index in [1.807, 2.05) is 37.3 Å². The molecule has 0 aromatic heterocycles. The summed E-state index contributed by atoms with van der Waals surface area (Å²) in [4.78, 5) is 0. The first-order valence-corrected chi connectivity index (χ1v) is 7.42. The summed E-state index contributed by atoms with van der Waals surface area (Å²) in [5, 5.41) is 5.12. The number of nitrogens with one attached hydrogen (secondary N) is 1. The molecule has 0 amide bonds. The van der Waals surface area contributed by atoms with Crippen LogP contribution in [0.25, 0.3) is 0 Å². The molecule has 0 spiro atoms. The molecule has 0 bridgehead atoms. The van der Waals surface area contributed by atoms with Crippen LogP contribution in [0.1, 0.15) is 18.9 Å². The van der Waals surface area contributed by atoms with Crippen molar-refractivity contribution in [1.82, 2.24) is 0 Å². The molecule has 0 saturated carbocycles. The Kier molecular flexibility index (Phi) is 5.90. The fourth-order valence-corrected chi connectivity index (χ4v) is 2.30. The lowest BCUT2D eigenvalue weighted by Gasteiger charge is -2.09. The lowest BCUT2D eigenvalue weighted by Crippen LogP contribution is -1.97. The molecular weight excluding hydrogens is 307 g/mol. The molecule has 110 valence electrons. The zero-order valence-electron chi connectivity index (χ0n) is 11.6. The fourth-order valence-electron chi connectivity index (χ4n) is 1.69. The molecule has 5 heteroatoms. The van der Waals surface area contributed by atoms with E-state index in [2.05, 4.69) is 10.5 Å². The second-order valence-corrected chi connectivity index (χ2v) is 5.21. The van der Waals surface area contributed by atoms with E-state index < -0.39 is 0 Å². The number of halogens is 2. The van der Waals surface area contributed by atoms with Crippen molar-refractivity contribution in [3.05, 3.63) is 58.1 Å². The molecule has 0 unspecified atom stereocenters. The van der Waals surface area contributed by atoms with Gasteiger partial charge in [0.1, 0.15) is 0 Å². The maximum Gasteiger partial charge on any atom is 0.156 e. The van der Waals surface area contributed by atoms with Gasteiger partial charge in [-0.3, -0.25) is 5.43 Å². The minimum Gasteiger partial charge on any atom is -0.490 e. The van der Waals surface area contributed by atoms with E-state index in [1.165, 1.54) is 0 Å². The molecule has 0 atom stereocenters. The van der Waals surface area contributed by atoms with Crippen LogP contribution in [0.5, 0.6) is 5.75 Å². The van der Waals surface area contributed by atoms with Crippen LogP contribution in [0.3, 0.4) is 0 Å². The lowest BCUT2D eigenvalue weighted by molar-refractivity contribution is 0.318. The predicted octanol–water partition coefficient (Wildman–Crippen LogP) is 5.23. The number of benzene rings is 2. The third kappa shape index (κ3) is 4.66. The summed E-state index contributed by atoms with van der Waals surface area (Å²) in [6, 6.07) is 13.2. The molecular formula is C16H16Cl2N2O. The van der Waals surface area contributed by atoms with Gasteiger partial charge < -0.3 is 4.74 Å². The third-order valence-electron chi connectivity index (χ3n) is 2.65. The highest BCUT2D eigenvalue weighted by Gasteiger charge is 2.08. The molecule has 0 heterocycles. The van der Waals surface area contributed by atoms with Crippen LogP contribution in [0, 0.1) is 0 Å². The van der Waals surface area contributed by atoms with Crippen LogP contribution >= 0.6 is 23.2 Å². The predicted molar refractivity (Wildman–Crippen MR) is 89.9 cm³/mol. The highest BCUT2D eigenvalue weighted by Crippen LogP contribution is 2.33. The molecule has 2 aromatic rings. The number of anilines is 1. The number of rotatable bonds is 6. The molecule has 21 heavy (non-hydrogen) atoms. The SMILES string of the molecule is CCCOc1c(Cl)cc(/C=N/Nc2ccccc2)cc1Cl. The summed E-state index contributed by atoms with van der Waals surface area (Å²) in [5.74, 6) is 0.522. The van der Waals surface area contributed by atoms with Gasteiger partial charge in [-0.05, 0) is 36.2 Å². The summed E-state index contributed by atoms with van der Waals surface area (Å²) in [6.07, 6.45) is 2.56. The fraction of sp³-hybridized carbons (Fsp3) is 0.188. The van der Waals surface area contributed by atoms with Crippen LogP contribution < -0.4 is 10.2 Å². The lowest BCUT2D eigenvalue weighted by atomic mass is 10.2. The maximum absolute atomic E-state index is 6.17. The highest BCUT2D eigenvalue weighted by atomic mass is 35.5. The molecule has 0 saturated heterocycles. The molecule has 1 N–H and O–H groups in total. The summed E-state index contributed by atoms with van der Waals surface area (Å²) in [5.41, 5.74) is 4.65. The molecule has 0 aliphatic rings. The van der Waals surface area contributed by atoms with E-state index in [1.54, 1.807) is 18.3 Å². The molecule has 0 fully saturated rings. The minimum atomic E-state index is 0.483. The van der Waals surface area contributed by atoms with Crippen molar-refractivity contribution in [2.45, 2.75) is 13.3 Å². The van der Waals surface area contributed by atoms with Gasteiger partial charge in [-0.25, -0.2) is 0 Å². The Bertz CT molecular complexity index is 592. The first-order valence-electron chi connectivity index (χ1n) is 6.66. The maximum atomic E-state index is 6.17. The van der Waals surface area contributed by atoms with Crippen LogP contribution in [0.15, 0.2) is 47.6 Å². The minimum absolute atomic E-state index is 0.483. The number of para-hydroxylation sites is 1. The third-order valence-corrected chi connectivity index (χ3v) is 3.21. The van der Waals surface area contributed by atoms with Crippen LogP contribution in [0.2, 0.25) is 10.0 Å². The first-order chi connectivity index (χ1) is 10.2. The van der Waals surface area contributed by atoms with Gasteiger partial charge in [-0.15, -0.1) is 0 Å². The molecule has 2 rings (SSSR count). The highest BCUT2D eigenvalue weighted by molar-refractivity contribution is 6.37. The van der Waals surface area contributed by atoms with Crippen molar-refractivity contribution in [1.29, 1.82) is 0 Å². The van der Waals surface area contributed by atoms with Crippen LogP contribution in [0.4, 0.5) is 5.69 Å². The van der Waals surface area contributed by atoms with E-state index in [4.69, 9.17) is 27.9 Å². The number of ether oxygens (including phenoxy) is 1. The average molecular weight is 323 g/mol. The summed E-state index contributed by atoms with van der Waals surface area (Å²) >= 11 is 12.3. The Labute approximate surface area is 134 Å². The Morgan fingerprint density at radius 3 is 2.43 bits per heavy atom. The van der Waals surface area contributed by atoms with Gasteiger partial charge in [0.2, 0.25) is 0 Å². The quantitative estimate of drug-likeness (QED) is 0.583. The standard InChI is InChI=1S/C16H16Cl2N2O/c1-2-8-21-16-14(17)9-12(10-15(16)18)11-19-20-13-6-4-3-5-7-13/h3-7,9-11,20H,2,8H2,1H3/b19-11+.